The zero-order valence-electron chi connectivity index (χ0n) is 11.8. The number of ether oxygens (including phenoxy) is 1. The van der Waals surface area contributed by atoms with E-state index < -0.39 is 14.8 Å². The van der Waals surface area contributed by atoms with Gasteiger partial charge in [-0.3, -0.25) is 0 Å². The fourth-order valence-electron chi connectivity index (χ4n) is 2.83. The van der Waals surface area contributed by atoms with Crippen LogP contribution in [0.15, 0.2) is 0 Å². The summed E-state index contributed by atoms with van der Waals surface area (Å²) in [5.74, 6) is 0.167. The Balaban J connectivity index is 2.00. The molecule has 0 aromatic carbocycles. The minimum absolute atomic E-state index is 0.142. The van der Waals surface area contributed by atoms with E-state index in [0.717, 1.165) is 25.7 Å². The van der Waals surface area contributed by atoms with E-state index in [0.29, 0.717) is 12.8 Å². The van der Waals surface area contributed by atoms with Gasteiger partial charge in [-0.25, -0.2) is 13.1 Å². The van der Waals surface area contributed by atoms with Crippen molar-refractivity contribution in [3.05, 3.63) is 0 Å². The van der Waals surface area contributed by atoms with Crippen LogP contribution in [0.4, 0.5) is 0 Å². The molecule has 2 rings (SSSR count). The monoisotopic (exact) mass is 291 g/mol. The minimum Gasteiger partial charge on any atom is -0.395 e. The third-order valence-corrected chi connectivity index (χ3v) is 6.99. The summed E-state index contributed by atoms with van der Waals surface area (Å²) >= 11 is 0. The van der Waals surface area contributed by atoms with Crippen LogP contribution in [0.1, 0.15) is 45.4 Å². The Morgan fingerprint density at radius 3 is 2.63 bits per heavy atom. The second-order valence-electron chi connectivity index (χ2n) is 6.14. The van der Waals surface area contributed by atoms with Crippen LogP contribution in [0.25, 0.3) is 0 Å². The third-order valence-electron chi connectivity index (χ3n) is 4.68. The molecule has 0 heterocycles. The van der Waals surface area contributed by atoms with Gasteiger partial charge in [0.15, 0.2) is 0 Å². The van der Waals surface area contributed by atoms with Crippen molar-refractivity contribution in [3.63, 3.8) is 0 Å². The predicted octanol–water partition coefficient (Wildman–Crippen LogP) is 1.02. The van der Waals surface area contributed by atoms with Crippen molar-refractivity contribution < 1.29 is 18.3 Å². The first-order valence-electron chi connectivity index (χ1n) is 7.07. The Morgan fingerprint density at radius 1 is 1.42 bits per heavy atom. The number of aliphatic hydroxyl groups is 1. The van der Waals surface area contributed by atoms with Crippen LogP contribution in [0.3, 0.4) is 0 Å². The molecular formula is C13H25NO4S. The zero-order chi connectivity index (χ0) is 14.1. The maximum atomic E-state index is 12.2. The van der Waals surface area contributed by atoms with Gasteiger partial charge >= 0.3 is 0 Å². The molecule has 0 radical (unpaired) electrons. The molecule has 0 aromatic heterocycles. The van der Waals surface area contributed by atoms with E-state index in [4.69, 9.17) is 4.74 Å². The van der Waals surface area contributed by atoms with Gasteiger partial charge in [0.1, 0.15) is 0 Å². The summed E-state index contributed by atoms with van der Waals surface area (Å²) in [6.45, 7) is 1.62. The first-order chi connectivity index (χ1) is 8.92. The van der Waals surface area contributed by atoms with Gasteiger partial charge in [0.2, 0.25) is 10.0 Å². The molecule has 2 aliphatic carbocycles. The molecule has 0 saturated heterocycles. The Morgan fingerprint density at radius 2 is 2.11 bits per heavy atom. The van der Waals surface area contributed by atoms with E-state index >= 15 is 0 Å². The Hall–Kier alpha value is -0.170. The van der Waals surface area contributed by atoms with Crippen molar-refractivity contribution in [1.82, 2.24) is 4.72 Å². The predicted molar refractivity (Wildman–Crippen MR) is 73.3 cm³/mol. The molecule has 0 aromatic rings. The molecule has 2 fully saturated rings. The Kier molecular flexibility index (Phi) is 4.55. The van der Waals surface area contributed by atoms with Gasteiger partial charge in [0, 0.05) is 13.2 Å². The van der Waals surface area contributed by atoms with Crippen LogP contribution in [0.5, 0.6) is 0 Å². The molecule has 3 atom stereocenters. The van der Waals surface area contributed by atoms with Crippen molar-refractivity contribution in [1.29, 1.82) is 0 Å². The summed E-state index contributed by atoms with van der Waals surface area (Å²) in [5, 5.41) is 9.52. The maximum absolute atomic E-state index is 12.2. The molecule has 112 valence electrons. The highest BCUT2D eigenvalue weighted by atomic mass is 32.2. The minimum atomic E-state index is -3.32. The summed E-state index contributed by atoms with van der Waals surface area (Å²) < 4.78 is 31.9. The number of aliphatic hydroxyl groups excluding tert-OH is 1. The summed E-state index contributed by atoms with van der Waals surface area (Å²) in [6, 6.07) is -0.375. The summed E-state index contributed by atoms with van der Waals surface area (Å²) in [6.07, 6.45) is 5.44. The second kappa shape index (κ2) is 5.68. The Labute approximate surface area is 115 Å². The second-order valence-corrected chi connectivity index (χ2v) is 8.37. The van der Waals surface area contributed by atoms with Gasteiger partial charge in [0.05, 0.1) is 17.5 Å². The van der Waals surface area contributed by atoms with Gasteiger partial charge < -0.3 is 9.84 Å². The van der Waals surface area contributed by atoms with Crippen LogP contribution in [-0.4, -0.2) is 44.1 Å². The highest BCUT2D eigenvalue weighted by Crippen LogP contribution is 2.42. The third kappa shape index (κ3) is 3.29. The topological polar surface area (TPSA) is 75.6 Å². The van der Waals surface area contributed by atoms with E-state index in [1.54, 1.807) is 14.0 Å². The average Bonchev–Trinajstić information content (AvgIpc) is 3.16. The van der Waals surface area contributed by atoms with Crippen molar-refractivity contribution in [2.75, 3.05) is 13.7 Å². The van der Waals surface area contributed by atoms with Crippen LogP contribution in [0.2, 0.25) is 0 Å². The Bertz CT molecular complexity index is 405. The largest absolute Gasteiger partial charge is 0.395 e. The van der Waals surface area contributed by atoms with Crippen LogP contribution in [0, 0.1) is 5.92 Å². The van der Waals surface area contributed by atoms with Crippen molar-refractivity contribution in [3.8, 4) is 0 Å². The molecule has 2 saturated carbocycles. The molecule has 2 aliphatic rings. The smallest absolute Gasteiger partial charge is 0.217 e. The molecule has 5 nitrogen and oxygen atoms in total. The van der Waals surface area contributed by atoms with Crippen LogP contribution >= 0.6 is 0 Å². The first-order valence-corrected chi connectivity index (χ1v) is 8.56. The quantitative estimate of drug-likeness (QED) is 0.766. The van der Waals surface area contributed by atoms with E-state index in [1.165, 1.54) is 0 Å². The fraction of sp³-hybridized carbons (Fsp3) is 1.00. The molecule has 3 unspecified atom stereocenters. The number of rotatable bonds is 6. The highest BCUT2D eigenvalue weighted by molar-refractivity contribution is 7.91. The van der Waals surface area contributed by atoms with Gasteiger partial charge in [0.25, 0.3) is 0 Å². The zero-order valence-corrected chi connectivity index (χ0v) is 12.6. The fourth-order valence-corrected chi connectivity index (χ4v) is 4.42. The molecule has 0 aliphatic heterocycles. The number of methoxy groups -OCH3 is 1. The number of sulfonamides is 1. The lowest BCUT2D eigenvalue weighted by molar-refractivity contribution is 0.0379. The van der Waals surface area contributed by atoms with Crippen LogP contribution in [-0.2, 0) is 14.8 Å². The van der Waals surface area contributed by atoms with Gasteiger partial charge in [-0.05, 0) is 44.9 Å². The maximum Gasteiger partial charge on any atom is 0.217 e. The average molecular weight is 291 g/mol. The molecule has 19 heavy (non-hydrogen) atoms. The van der Waals surface area contributed by atoms with Crippen molar-refractivity contribution in [2.45, 2.75) is 62.3 Å². The molecule has 0 amide bonds. The van der Waals surface area contributed by atoms with E-state index in [2.05, 4.69) is 4.72 Å². The number of nitrogens with one attached hydrogen (secondary N) is 1. The summed E-state index contributed by atoms with van der Waals surface area (Å²) in [5.41, 5.74) is 0. The van der Waals surface area contributed by atoms with E-state index in [1.807, 2.05) is 0 Å². The standard InChI is InChI=1S/C13H25NO4S/c1-13(6-7-13)19(16,17)14-12(9-15)10-4-3-5-11(8-10)18-2/h10-12,14-15H,3-9H2,1-2H3. The van der Waals surface area contributed by atoms with Crippen molar-refractivity contribution in [2.24, 2.45) is 5.92 Å². The van der Waals surface area contributed by atoms with Gasteiger partial charge in [-0.2, -0.15) is 0 Å². The molecule has 0 spiro atoms. The molecular weight excluding hydrogens is 266 g/mol. The molecule has 6 heteroatoms. The lowest BCUT2D eigenvalue weighted by Crippen LogP contribution is -2.48. The SMILES string of the molecule is COC1CCCC(C(CO)NS(=O)(=O)C2(C)CC2)C1. The highest BCUT2D eigenvalue weighted by Gasteiger charge is 2.51. The van der Waals surface area contributed by atoms with E-state index in [-0.39, 0.29) is 24.7 Å². The number of hydrogen-bond acceptors (Lipinski definition) is 4. The first kappa shape index (κ1) is 15.2. The van der Waals surface area contributed by atoms with Crippen molar-refractivity contribution >= 4 is 10.0 Å². The molecule has 2 N–H and O–H groups in total. The number of hydrogen-bond donors (Lipinski definition) is 2. The van der Waals surface area contributed by atoms with Gasteiger partial charge in [-0.1, -0.05) is 6.42 Å². The van der Waals surface area contributed by atoms with Crippen LogP contribution < -0.4 is 4.72 Å². The lowest BCUT2D eigenvalue weighted by Gasteiger charge is -2.34. The van der Waals surface area contributed by atoms with Gasteiger partial charge in [-0.15, -0.1) is 0 Å². The van der Waals surface area contributed by atoms with E-state index in [9.17, 15) is 13.5 Å². The summed E-state index contributed by atoms with van der Waals surface area (Å²) in [4.78, 5) is 0. The lowest BCUT2D eigenvalue weighted by atomic mass is 9.83. The summed E-state index contributed by atoms with van der Waals surface area (Å²) in [7, 11) is -1.63. The normalized spacial score (nSPS) is 31.9. The molecule has 0 bridgehead atoms.